The van der Waals surface area contributed by atoms with Gasteiger partial charge in [0.05, 0.1) is 11.6 Å². The second kappa shape index (κ2) is 7.61. The number of pyridine rings is 1. The molecule has 0 amide bonds. The number of halogens is 1. The summed E-state index contributed by atoms with van der Waals surface area (Å²) in [6.07, 6.45) is 2.30. The first-order chi connectivity index (χ1) is 12.1. The van der Waals surface area contributed by atoms with Crippen LogP contribution >= 0.6 is 15.9 Å². The van der Waals surface area contributed by atoms with Gasteiger partial charge in [-0.1, -0.05) is 37.3 Å². The van der Waals surface area contributed by atoms with Crippen molar-refractivity contribution in [3.05, 3.63) is 80.8 Å². The Morgan fingerprint density at radius 3 is 2.72 bits per heavy atom. The van der Waals surface area contributed by atoms with Crippen LogP contribution in [0.15, 0.2) is 64.0 Å². The van der Waals surface area contributed by atoms with Crippen LogP contribution in [0.3, 0.4) is 0 Å². The van der Waals surface area contributed by atoms with E-state index in [0.29, 0.717) is 17.8 Å². The van der Waals surface area contributed by atoms with Gasteiger partial charge in [-0.2, -0.15) is 0 Å². The van der Waals surface area contributed by atoms with Crippen molar-refractivity contribution in [1.82, 2.24) is 9.38 Å². The average Bonchev–Trinajstić information content (AvgIpc) is 2.62. The van der Waals surface area contributed by atoms with Crippen molar-refractivity contribution in [2.45, 2.75) is 25.9 Å². The summed E-state index contributed by atoms with van der Waals surface area (Å²) in [5.74, 6) is -0.634. The molecule has 0 aliphatic carbocycles. The van der Waals surface area contributed by atoms with Gasteiger partial charge < -0.3 is 4.74 Å². The highest BCUT2D eigenvalue weighted by Gasteiger charge is 2.20. The zero-order chi connectivity index (χ0) is 17.8. The first kappa shape index (κ1) is 17.4. The number of aromatic nitrogens is 2. The van der Waals surface area contributed by atoms with Gasteiger partial charge in [0.15, 0.2) is 0 Å². The topological polar surface area (TPSA) is 60.7 Å². The molecule has 0 unspecified atom stereocenters. The second-order valence-electron chi connectivity index (χ2n) is 5.64. The van der Waals surface area contributed by atoms with Crippen molar-refractivity contribution in [1.29, 1.82) is 0 Å². The maximum Gasteiger partial charge on any atom is 0.313 e. The van der Waals surface area contributed by atoms with Crippen LogP contribution in [0, 0.1) is 0 Å². The smallest absolute Gasteiger partial charge is 0.313 e. The lowest BCUT2D eigenvalue weighted by Gasteiger charge is -2.14. The van der Waals surface area contributed by atoms with Crippen molar-refractivity contribution in [3.63, 3.8) is 0 Å². The first-order valence-corrected chi connectivity index (χ1v) is 8.77. The van der Waals surface area contributed by atoms with Crippen molar-refractivity contribution in [2.75, 3.05) is 0 Å². The van der Waals surface area contributed by atoms with Gasteiger partial charge in [0.25, 0.3) is 5.56 Å². The van der Waals surface area contributed by atoms with Crippen molar-refractivity contribution in [3.8, 4) is 0 Å². The molecular formula is C19H17BrN2O3. The number of rotatable bonds is 5. The SMILES string of the molecule is CC[C@H](C(=O)OCc1cc(=O)n2cc(Br)ccc2n1)c1ccccc1. The molecule has 0 saturated heterocycles. The summed E-state index contributed by atoms with van der Waals surface area (Å²) < 4.78 is 7.63. The molecule has 0 N–H and O–H groups in total. The number of carbonyl (C=O) groups is 1. The summed E-state index contributed by atoms with van der Waals surface area (Å²) in [4.78, 5) is 28.9. The van der Waals surface area contributed by atoms with Crippen LogP contribution in [-0.4, -0.2) is 15.4 Å². The first-order valence-electron chi connectivity index (χ1n) is 7.98. The van der Waals surface area contributed by atoms with Crippen LogP contribution in [0.4, 0.5) is 0 Å². The normalized spacial score (nSPS) is 12.1. The van der Waals surface area contributed by atoms with Gasteiger partial charge in [0.2, 0.25) is 0 Å². The zero-order valence-corrected chi connectivity index (χ0v) is 15.3. The Kier molecular flexibility index (Phi) is 5.28. The Bertz CT molecular complexity index is 954. The van der Waals surface area contributed by atoms with Crippen LogP contribution in [0.2, 0.25) is 0 Å². The minimum absolute atomic E-state index is 0.0238. The van der Waals surface area contributed by atoms with Gasteiger partial charge in [-0.05, 0) is 40.0 Å². The number of nitrogens with zero attached hydrogens (tertiary/aromatic N) is 2. The van der Waals surface area contributed by atoms with E-state index in [0.717, 1.165) is 10.0 Å². The molecule has 0 radical (unpaired) electrons. The number of ether oxygens (including phenoxy) is 1. The predicted molar refractivity (Wildman–Crippen MR) is 98.4 cm³/mol. The molecular weight excluding hydrogens is 384 g/mol. The molecule has 128 valence electrons. The average molecular weight is 401 g/mol. The summed E-state index contributed by atoms with van der Waals surface area (Å²) in [6, 6.07) is 14.4. The molecule has 1 aromatic carbocycles. The second-order valence-corrected chi connectivity index (χ2v) is 6.56. The number of carbonyl (C=O) groups excluding carboxylic acids is 1. The number of fused-ring (bicyclic) bond motifs is 1. The van der Waals surface area contributed by atoms with Crippen molar-refractivity contribution >= 4 is 27.5 Å². The Balaban J connectivity index is 1.77. The lowest BCUT2D eigenvalue weighted by molar-refractivity contribution is -0.147. The minimum atomic E-state index is -0.321. The summed E-state index contributed by atoms with van der Waals surface area (Å²) in [7, 11) is 0. The summed E-state index contributed by atoms with van der Waals surface area (Å²) in [6.45, 7) is 1.92. The quantitative estimate of drug-likeness (QED) is 0.612. The van der Waals surface area contributed by atoms with Crippen LogP contribution < -0.4 is 5.56 Å². The molecule has 3 rings (SSSR count). The van der Waals surface area contributed by atoms with Crippen LogP contribution in [-0.2, 0) is 16.1 Å². The summed E-state index contributed by atoms with van der Waals surface area (Å²) in [5.41, 5.74) is 1.65. The lowest BCUT2D eigenvalue weighted by Crippen LogP contribution is -2.19. The fourth-order valence-corrected chi connectivity index (χ4v) is 3.01. The van der Waals surface area contributed by atoms with E-state index in [1.54, 1.807) is 18.3 Å². The molecule has 6 heteroatoms. The Labute approximate surface area is 153 Å². The summed E-state index contributed by atoms with van der Waals surface area (Å²) >= 11 is 3.32. The fraction of sp³-hybridized carbons (Fsp3) is 0.211. The largest absolute Gasteiger partial charge is 0.459 e. The van der Waals surface area contributed by atoms with Gasteiger partial charge in [-0.15, -0.1) is 0 Å². The maximum atomic E-state index is 12.4. The van der Waals surface area contributed by atoms with Crippen LogP contribution in [0.1, 0.15) is 30.5 Å². The molecule has 0 fully saturated rings. The standard InChI is InChI=1S/C19H17BrN2O3/c1-2-16(13-6-4-3-5-7-13)19(24)25-12-15-10-18(23)22-11-14(20)8-9-17(22)21-15/h3-11,16H,2,12H2,1H3/t16-/m0/s1. The molecule has 25 heavy (non-hydrogen) atoms. The number of benzene rings is 1. The van der Waals surface area contributed by atoms with Gasteiger partial charge in [0.1, 0.15) is 12.3 Å². The molecule has 1 atom stereocenters. The third-order valence-electron chi connectivity index (χ3n) is 3.93. The molecule has 0 aliphatic rings. The predicted octanol–water partition coefficient (Wildman–Crippen LogP) is 3.69. The van der Waals surface area contributed by atoms with Crippen LogP contribution in [0.25, 0.3) is 5.65 Å². The molecule has 0 bridgehead atoms. The summed E-state index contributed by atoms with van der Waals surface area (Å²) in [5, 5.41) is 0. The van der Waals surface area contributed by atoms with Gasteiger partial charge in [-0.3, -0.25) is 14.0 Å². The van der Waals surface area contributed by atoms with E-state index in [1.807, 2.05) is 37.3 Å². The molecule has 0 spiro atoms. The minimum Gasteiger partial charge on any atom is -0.459 e. The molecule has 0 saturated carbocycles. The van der Waals surface area contributed by atoms with E-state index in [4.69, 9.17) is 4.74 Å². The maximum absolute atomic E-state index is 12.4. The molecule has 0 aliphatic heterocycles. The molecule has 3 aromatic rings. The highest BCUT2D eigenvalue weighted by Crippen LogP contribution is 2.21. The van der Waals surface area contributed by atoms with Crippen molar-refractivity contribution in [2.24, 2.45) is 0 Å². The van der Waals surface area contributed by atoms with Crippen molar-refractivity contribution < 1.29 is 9.53 Å². The Morgan fingerprint density at radius 1 is 1.24 bits per heavy atom. The van der Waals surface area contributed by atoms with E-state index in [9.17, 15) is 9.59 Å². The third kappa shape index (κ3) is 3.96. The van der Waals surface area contributed by atoms with E-state index in [2.05, 4.69) is 20.9 Å². The fourth-order valence-electron chi connectivity index (χ4n) is 2.67. The number of hydrogen-bond acceptors (Lipinski definition) is 4. The van der Waals surface area contributed by atoms with E-state index in [-0.39, 0.29) is 24.1 Å². The molecule has 5 nitrogen and oxygen atoms in total. The molecule has 2 aromatic heterocycles. The van der Waals surface area contributed by atoms with Gasteiger partial charge >= 0.3 is 5.97 Å². The Hall–Kier alpha value is -2.47. The number of esters is 1. The van der Waals surface area contributed by atoms with E-state index >= 15 is 0 Å². The highest BCUT2D eigenvalue weighted by molar-refractivity contribution is 9.10. The third-order valence-corrected chi connectivity index (χ3v) is 4.40. The van der Waals surface area contributed by atoms with Gasteiger partial charge in [-0.25, -0.2) is 4.98 Å². The highest BCUT2D eigenvalue weighted by atomic mass is 79.9. The van der Waals surface area contributed by atoms with Crippen LogP contribution in [0.5, 0.6) is 0 Å². The monoisotopic (exact) mass is 400 g/mol. The number of hydrogen-bond donors (Lipinski definition) is 0. The zero-order valence-electron chi connectivity index (χ0n) is 13.7. The Morgan fingerprint density at radius 2 is 2.00 bits per heavy atom. The van der Waals surface area contributed by atoms with E-state index in [1.165, 1.54) is 10.5 Å². The van der Waals surface area contributed by atoms with Gasteiger partial charge in [0, 0.05) is 16.7 Å². The van der Waals surface area contributed by atoms with E-state index < -0.39 is 0 Å². The lowest BCUT2D eigenvalue weighted by atomic mass is 9.97. The molecule has 2 heterocycles.